The monoisotopic (exact) mass is 255 g/mol. The highest BCUT2D eigenvalue weighted by molar-refractivity contribution is 6.18. The number of amides is 1. The number of rotatable bonds is 5. The Kier molecular flexibility index (Phi) is 5.29. The van der Waals surface area contributed by atoms with E-state index < -0.39 is 0 Å². The van der Waals surface area contributed by atoms with Gasteiger partial charge in [0, 0.05) is 17.5 Å². The summed E-state index contributed by atoms with van der Waals surface area (Å²) in [6, 6.07) is 7.13. The number of ether oxygens (including phenoxy) is 1. The summed E-state index contributed by atoms with van der Waals surface area (Å²) in [4.78, 5) is 11.9. The number of nitrogens with one attached hydrogen (secondary N) is 1. The Bertz CT molecular complexity index is 381. The number of methoxy groups -OCH3 is 1. The number of carbonyl (C=O) groups excluding carboxylic acids is 1. The smallest absolute Gasteiger partial charge is 0.251 e. The number of carbonyl (C=O) groups is 1. The van der Waals surface area contributed by atoms with Crippen LogP contribution in [0.3, 0.4) is 0 Å². The van der Waals surface area contributed by atoms with E-state index in [1.807, 2.05) is 19.9 Å². The molecule has 0 aliphatic carbocycles. The first-order chi connectivity index (χ1) is 8.08. The van der Waals surface area contributed by atoms with E-state index in [-0.39, 0.29) is 17.9 Å². The van der Waals surface area contributed by atoms with E-state index in [1.54, 1.807) is 25.3 Å². The Morgan fingerprint density at radius 1 is 1.47 bits per heavy atom. The minimum atomic E-state index is -0.103. The SMILES string of the molecule is COc1cccc(C(=O)NC(C)C(C)CCl)c1. The fourth-order valence-corrected chi connectivity index (χ4v) is 1.60. The molecule has 0 aliphatic rings. The molecule has 3 nitrogen and oxygen atoms in total. The molecule has 1 aromatic rings. The first-order valence-electron chi connectivity index (χ1n) is 5.59. The summed E-state index contributed by atoms with van der Waals surface area (Å²) >= 11 is 5.75. The minimum Gasteiger partial charge on any atom is -0.497 e. The lowest BCUT2D eigenvalue weighted by atomic mass is 10.1. The van der Waals surface area contributed by atoms with Crippen LogP contribution in [0.15, 0.2) is 24.3 Å². The third-order valence-corrected chi connectivity index (χ3v) is 3.27. The predicted molar refractivity (Wildman–Crippen MR) is 69.8 cm³/mol. The van der Waals surface area contributed by atoms with Crippen LogP contribution in [0, 0.1) is 5.92 Å². The summed E-state index contributed by atoms with van der Waals surface area (Å²) in [6.45, 7) is 3.95. The second-order valence-electron chi connectivity index (χ2n) is 4.13. The standard InChI is InChI=1S/C13H18ClNO2/c1-9(8-14)10(2)15-13(16)11-5-4-6-12(7-11)17-3/h4-7,9-10H,8H2,1-3H3,(H,15,16). The molecule has 0 saturated carbocycles. The van der Waals surface area contributed by atoms with Crippen LogP contribution in [0.2, 0.25) is 0 Å². The summed E-state index contributed by atoms with van der Waals surface area (Å²) < 4.78 is 5.08. The lowest BCUT2D eigenvalue weighted by Crippen LogP contribution is -2.37. The number of benzene rings is 1. The molecule has 17 heavy (non-hydrogen) atoms. The first-order valence-corrected chi connectivity index (χ1v) is 6.12. The van der Waals surface area contributed by atoms with Crippen molar-refractivity contribution >= 4 is 17.5 Å². The molecule has 0 spiro atoms. The van der Waals surface area contributed by atoms with Gasteiger partial charge >= 0.3 is 0 Å². The van der Waals surface area contributed by atoms with E-state index in [9.17, 15) is 4.79 Å². The van der Waals surface area contributed by atoms with Crippen molar-refractivity contribution < 1.29 is 9.53 Å². The highest BCUT2D eigenvalue weighted by Crippen LogP contribution is 2.13. The minimum absolute atomic E-state index is 0.0474. The van der Waals surface area contributed by atoms with E-state index >= 15 is 0 Å². The Morgan fingerprint density at radius 2 is 2.18 bits per heavy atom. The maximum atomic E-state index is 11.9. The van der Waals surface area contributed by atoms with Crippen molar-refractivity contribution in [1.29, 1.82) is 0 Å². The Labute approximate surface area is 107 Å². The summed E-state index contributed by atoms with van der Waals surface area (Å²) in [7, 11) is 1.58. The zero-order valence-electron chi connectivity index (χ0n) is 10.4. The zero-order valence-corrected chi connectivity index (χ0v) is 11.1. The van der Waals surface area contributed by atoms with Crippen molar-refractivity contribution in [3.05, 3.63) is 29.8 Å². The van der Waals surface area contributed by atoms with Gasteiger partial charge in [-0.1, -0.05) is 13.0 Å². The first kappa shape index (κ1) is 13.8. The fourth-order valence-electron chi connectivity index (χ4n) is 1.33. The van der Waals surface area contributed by atoms with Crippen molar-refractivity contribution in [3.63, 3.8) is 0 Å². The maximum absolute atomic E-state index is 11.9. The second kappa shape index (κ2) is 6.50. The van der Waals surface area contributed by atoms with Gasteiger partial charge in [-0.05, 0) is 31.0 Å². The molecular weight excluding hydrogens is 238 g/mol. The van der Waals surface area contributed by atoms with Crippen LogP contribution < -0.4 is 10.1 Å². The van der Waals surface area contributed by atoms with Gasteiger partial charge in [-0.3, -0.25) is 4.79 Å². The molecular formula is C13H18ClNO2. The summed E-state index contributed by atoms with van der Waals surface area (Å²) in [5.41, 5.74) is 0.595. The van der Waals surface area contributed by atoms with E-state index in [2.05, 4.69) is 5.32 Å². The van der Waals surface area contributed by atoms with E-state index in [0.29, 0.717) is 17.2 Å². The van der Waals surface area contributed by atoms with E-state index in [1.165, 1.54) is 0 Å². The molecule has 0 fully saturated rings. The molecule has 0 aromatic heterocycles. The van der Waals surface area contributed by atoms with E-state index in [4.69, 9.17) is 16.3 Å². The molecule has 0 heterocycles. The molecule has 0 bridgehead atoms. The lowest BCUT2D eigenvalue weighted by Gasteiger charge is -2.19. The number of hydrogen-bond donors (Lipinski definition) is 1. The van der Waals surface area contributed by atoms with Crippen LogP contribution in [0.1, 0.15) is 24.2 Å². The van der Waals surface area contributed by atoms with Gasteiger partial charge in [0.1, 0.15) is 5.75 Å². The second-order valence-corrected chi connectivity index (χ2v) is 4.43. The number of hydrogen-bond acceptors (Lipinski definition) is 2. The Hall–Kier alpha value is -1.22. The third kappa shape index (κ3) is 3.93. The van der Waals surface area contributed by atoms with E-state index in [0.717, 1.165) is 0 Å². The molecule has 1 N–H and O–H groups in total. The van der Waals surface area contributed by atoms with Gasteiger partial charge in [0.05, 0.1) is 7.11 Å². The van der Waals surface area contributed by atoms with Gasteiger partial charge in [0.15, 0.2) is 0 Å². The van der Waals surface area contributed by atoms with Crippen molar-refractivity contribution in [3.8, 4) is 5.75 Å². The lowest BCUT2D eigenvalue weighted by molar-refractivity contribution is 0.0930. The highest BCUT2D eigenvalue weighted by atomic mass is 35.5. The third-order valence-electron chi connectivity index (χ3n) is 2.79. The van der Waals surface area contributed by atoms with Gasteiger partial charge in [-0.2, -0.15) is 0 Å². The van der Waals surface area contributed by atoms with Gasteiger partial charge < -0.3 is 10.1 Å². The van der Waals surface area contributed by atoms with Crippen LogP contribution in [0.5, 0.6) is 5.75 Å². The Balaban J connectivity index is 2.69. The van der Waals surface area contributed by atoms with Gasteiger partial charge in [-0.25, -0.2) is 0 Å². The molecule has 0 aliphatic heterocycles. The topological polar surface area (TPSA) is 38.3 Å². The summed E-state index contributed by atoms with van der Waals surface area (Å²) in [6.07, 6.45) is 0. The van der Waals surface area contributed by atoms with Crippen LogP contribution in [0.4, 0.5) is 0 Å². The zero-order chi connectivity index (χ0) is 12.8. The molecule has 2 unspecified atom stereocenters. The van der Waals surface area contributed by atoms with Gasteiger partial charge in [0.25, 0.3) is 5.91 Å². The molecule has 1 aromatic carbocycles. The molecule has 1 amide bonds. The van der Waals surface area contributed by atoms with Crippen molar-refractivity contribution in [2.75, 3.05) is 13.0 Å². The van der Waals surface area contributed by atoms with Crippen molar-refractivity contribution in [2.24, 2.45) is 5.92 Å². The van der Waals surface area contributed by atoms with Crippen LogP contribution in [0.25, 0.3) is 0 Å². The summed E-state index contributed by atoms with van der Waals surface area (Å²) in [5.74, 6) is 1.34. The van der Waals surface area contributed by atoms with Gasteiger partial charge in [-0.15, -0.1) is 11.6 Å². The van der Waals surface area contributed by atoms with Crippen LogP contribution >= 0.6 is 11.6 Å². The Morgan fingerprint density at radius 3 is 2.76 bits per heavy atom. The molecule has 4 heteroatoms. The predicted octanol–water partition coefficient (Wildman–Crippen LogP) is 2.69. The van der Waals surface area contributed by atoms with Crippen LogP contribution in [-0.4, -0.2) is 24.9 Å². The summed E-state index contributed by atoms with van der Waals surface area (Å²) in [5, 5.41) is 2.92. The molecule has 1 rings (SSSR count). The van der Waals surface area contributed by atoms with Crippen molar-refractivity contribution in [1.82, 2.24) is 5.32 Å². The maximum Gasteiger partial charge on any atom is 0.251 e. The van der Waals surface area contributed by atoms with Crippen molar-refractivity contribution in [2.45, 2.75) is 19.9 Å². The fraction of sp³-hybridized carbons (Fsp3) is 0.462. The average Bonchev–Trinajstić information content (AvgIpc) is 2.37. The molecule has 0 saturated heterocycles. The number of halogens is 1. The highest BCUT2D eigenvalue weighted by Gasteiger charge is 2.15. The largest absolute Gasteiger partial charge is 0.497 e. The normalized spacial score (nSPS) is 13.9. The number of alkyl halides is 1. The molecule has 0 radical (unpaired) electrons. The molecule has 94 valence electrons. The van der Waals surface area contributed by atoms with Gasteiger partial charge in [0.2, 0.25) is 0 Å². The van der Waals surface area contributed by atoms with Crippen LogP contribution in [-0.2, 0) is 0 Å². The average molecular weight is 256 g/mol. The molecule has 2 atom stereocenters. The quantitative estimate of drug-likeness (QED) is 0.822.